The van der Waals surface area contributed by atoms with Crippen molar-refractivity contribution in [2.24, 2.45) is 0 Å². The van der Waals surface area contributed by atoms with E-state index in [1.54, 1.807) is 12.1 Å². The number of benzene rings is 2. The topological polar surface area (TPSA) is 56.8 Å². The lowest BCUT2D eigenvalue weighted by molar-refractivity contribution is -0.118. The van der Waals surface area contributed by atoms with Crippen molar-refractivity contribution in [3.05, 3.63) is 47.0 Å². The van der Waals surface area contributed by atoms with Gasteiger partial charge in [-0.15, -0.1) is 0 Å². The smallest absolute Gasteiger partial charge is 0.267 e. The van der Waals surface area contributed by atoms with E-state index in [1.807, 2.05) is 0 Å². The SMILES string of the molecule is O=C(COc1ccccc1C(F)F)Nc1cc(Cl)c2c(c1)OCCO2. The Labute approximate surface area is 147 Å². The molecule has 0 saturated carbocycles. The minimum absolute atomic E-state index is 0.0344. The van der Waals surface area contributed by atoms with Crippen molar-refractivity contribution in [3.8, 4) is 17.2 Å². The Morgan fingerprint density at radius 1 is 1.24 bits per heavy atom. The number of anilines is 1. The molecule has 5 nitrogen and oxygen atoms in total. The van der Waals surface area contributed by atoms with Gasteiger partial charge in [0, 0.05) is 11.8 Å². The number of hydrogen-bond acceptors (Lipinski definition) is 4. The van der Waals surface area contributed by atoms with Crippen LogP contribution in [0.15, 0.2) is 36.4 Å². The normalized spacial score (nSPS) is 12.8. The molecule has 2 aromatic carbocycles. The fourth-order valence-electron chi connectivity index (χ4n) is 2.32. The molecule has 0 fully saturated rings. The number of rotatable bonds is 5. The van der Waals surface area contributed by atoms with Crippen molar-refractivity contribution in [2.75, 3.05) is 25.1 Å². The fourth-order valence-corrected chi connectivity index (χ4v) is 2.58. The van der Waals surface area contributed by atoms with E-state index in [4.69, 9.17) is 25.8 Å². The van der Waals surface area contributed by atoms with E-state index in [9.17, 15) is 13.6 Å². The second kappa shape index (κ2) is 7.57. The lowest BCUT2D eigenvalue weighted by atomic mass is 10.2. The number of carbonyl (C=O) groups is 1. The number of carbonyl (C=O) groups excluding carboxylic acids is 1. The summed E-state index contributed by atoms with van der Waals surface area (Å²) in [5.41, 5.74) is 0.127. The molecule has 1 N–H and O–H groups in total. The number of nitrogens with one attached hydrogen (secondary N) is 1. The highest BCUT2D eigenvalue weighted by Crippen LogP contribution is 2.39. The Bertz CT molecular complexity index is 785. The number of amides is 1. The number of hydrogen-bond donors (Lipinski definition) is 1. The van der Waals surface area contributed by atoms with Crippen molar-refractivity contribution in [3.63, 3.8) is 0 Å². The van der Waals surface area contributed by atoms with Crippen LogP contribution in [0.4, 0.5) is 14.5 Å². The molecule has 0 spiro atoms. The van der Waals surface area contributed by atoms with Crippen LogP contribution in [0.5, 0.6) is 17.2 Å². The number of ether oxygens (including phenoxy) is 3. The highest BCUT2D eigenvalue weighted by Gasteiger charge is 2.18. The zero-order valence-electron chi connectivity index (χ0n) is 12.9. The summed E-state index contributed by atoms with van der Waals surface area (Å²) >= 11 is 6.09. The number of para-hydroxylation sites is 1. The Morgan fingerprint density at radius 3 is 2.80 bits per heavy atom. The van der Waals surface area contributed by atoms with Gasteiger partial charge < -0.3 is 19.5 Å². The second-order valence-corrected chi connectivity index (χ2v) is 5.56. The van der Waals surface area contributed by atoms with Gasteiger partial charge in [0.05, 0.1) is 10.6 Å². The van der Waals surface area contributed by atoms with Crippen molar-refractivity contribution >= 4 is 23.2 Å². The van der Waals surface area contributed by atoms with Gasteiger partial charge in [0.15, 0.2) is 18.1 Å². The average Bonchev–Trinajstić information content (AvgIpc) is 2.60. The van der Waals surface area contributed by atoms with Gasteiger partial charge in [-0.1, -0.05) is 23.7 Å². The Balaban J connectivity index is 1.65. The van der Waals surface area contributed by atoms with Gasteiger partial charge in [0.2, 0.25) is 0 Å². The van der Waals surface area contributed by atoms with Crippen molar-refractivity contribution < 1.29 is 27.8 Å². The van der Waals surface area contributed by atoms with E-state index in [0.29, 0.717) is 35.4 Å². The molecule has 25 heavy (non-hydrogen) atoms. The molecule has 0 bridgehead atoms. The third-order valence-electron chi connectivity index (χ3n) is 3.39. The summed E-state index contributed by atoms with van der Waals surface area (Å²) in [5, 5.41) is 2.88. The minimum atomic E-state index is -2.68. The molecule has 8 heteroatoms. The van der Waals surface area contributed by atoms with E-state index in [0.717, 1.165) is 0 Å². The molecular formula is C17H14ClF2NO4. The van der Waals surface area contributed by atoms with Gasteiger partial charge in [0.1, 0.15) is 19.0 Å². The maximum absolute atomic E-state index is 12.9. The van der Waals surface area contributed by atoms with Crippen molar-refractivity contribution in [1.82, 2.24) is 0 Å². The van der Waals surface area contributed by atoms with Crippen LogP contribution in [-0.2, 0) is 4.79 Å². The van der Waals surface area contributed by atoms with Crippen LogP contribution in [0.25, 0.3) is 0 Å². The van der Waals surface area contributed by atoms with Gasteiger partial charge >= 0.3 is 0 Å². The molecule has 1 aliphatic rings. The standard InChI is InChI=1S/C17H14ClF2NO4/c18-12-7-10(8-14-16(12)24-6-5-23-14)21-15(22)9-25-13-4-2-1-3-11(13)17(19)20/h1-4,7-8,17H,5-6,9H2,(H,21,22). The molecule has 1 heterocycles. The average molecular weight is 370 g/mol. The third kappa shape index (κ3) is 4.11. The van der Waals surface area contributed by atoms with Gasteiger partial charge in [-0.2, -0.15) is 0 Å². The molecule has 3 rings (SSSR count). The summed E-state index contributed by atoms with van der Waals surface area (Å²) in [7, 11) is 0. The van der Waals surface area contributed by atoms with Crippen LogP contribution < -0.4 is 19.5 Å². The Hall–Kier alpha value is -2.54. The first-order valence-electron chi connectivity index (χ1n) is 7.43. The van der Waals surface area contributed by atoms with Gasteiger partial charge in [-0.05, 0) is 18.2 Å². The molecule has 0 saturated heterocycles. The maximum atomic E-state index is 12.9. The van der Waals surface area contributed by atoms with Crippen LogP contribution >= 0.6 is 11.6 Å². The molecule has 1 aliphatic heterocycles. The van der Waals surface area contributed by atoms with Crippen molar-refractivity contribution in [2.45, 2.75) is 6.43 Å². The quantitative estimate of drug-likeness (QED) is 0.863. The fraction of sp³-hybridized carbons (Fsp3) is 0.235. The molecule has 0 aliphatic carbocycles. The highest BCUT2D eigenvalue weighted by molar-refractivity contribution is 6.32. The van der Waals surface area contributed by atoms with E-state index >= 15 is 0 Å². The summed E-state index contributed by atoms with van der Waals surface area (Å²) in [6.07, 6.45) is -2.68. The molecular weight excluding hydrogens is 356 g/mol. The van der Waals surface area contributed by atoms with Crippen LogP contribution in [0.3, 0.4) is 0 Å². The maximum Gasteiger partial charge on any atom is 0.267 e. The summed E-state index contributed by atoms with van der Waals surface area (Å²) in [6, 6.07) is 8.75. The van der Waals surface area contributed by atoms with Gasteiger partial charge in [-0.3, -0.25) is 4.79 Å². The zero-order valence-corrected chi connectivity index (χ0v) is 13.7. The first-order valence-corrected chi connectivity index (χ1v) is 7.81. The summed E-state index contributed by atoms with van der Waals surface area (Å²) < 4.78 is 41.8. The first kappa shape index (κ1) is 17.3. The predicted octanol–water partition coefficient (Wildman–Crippen LogP) is 4.07. The number of alkyl halides is 2. The number of fused-ring (bicyclic) bond motifs is 1. The molecule has 132 valence electrons. The first-order chi connectivity index (χ1) is 12.0. The predicted molar refractivity (Wildman–Crippen MR) is 88.0 cm³/mol. The van der Waals surface area contributed by atoms with Crippen LogP contribution in [0.1, 0.15) is 12.0 Å². The molecule has 0 unspecified atom stereocenters. The zero-order chi connectivity index (χ0) is 17.8. The minimum Gasteiger partial charge on any atom is -0.486 e. The Morgan fingerprint density at radius 2 is 2.00 bits per heavy atom. The van der Waals surface area contributed by atoms with Crippen molar-refractivity contribution in [1.29, 1.82) is 0 Å². The molecule has 2 aromatic rings. The van der Waals surface area contributed by atoms with E-state index in [2.05, 4.69) is 5.32 Å². The van der Waals surface area contributed by atoms with E-state index < -0.39 is 18.9 Å². The highest BCUT2D eigenvalue weighted by atomic mass is 35.5. The van der Waals surface area contributed by atoms with Gasteiger partial charge in [-0.25, -0.2) is 8.78 Å². The number of halogens is 3. The summed E-state index contributed by atoms with van der Waals surface area (Å²) in [6.45, 7) is 0.361. The molecule has 0 radical (unpaired) electrons. The van der Waals surface area contributed by atoms with Crippen LogP contribution in [-0.4, -0.2) is 25.7 Å². The lowest BCUT2D eigenvalue weighted by Gasteiger charge is -2.20. The van der Waals surface area contributed by atoms with E-state index in [1.165, 1.54) is 24.3 Å². The second-order valence-electron chi connectivity index (χ2n) is 5.16. The Kier molecular flexibility index (Phi) is 5.23. The summed E-state index contributed by atoms with van der Waals surface area (Å²) in [4.78, 5) is 12.0. The largest absolute Gasteiger partial charge is 0.486 e. The van der Waals surface area contributed by atoms with Crippen LogP contribution in [0.2, 0.25) is 5.02 Å². The molecule has 0 atom stereocenters. The summed E-state index contributed by atoms with van der Waals surface area (Å²) in [5.74, 6) is 0.302. The van der Waals surface area contributed by atoms with Gasteiger partial charge in [0.25, 0.3) is 12.3 Å². The third-order valence-corrected chi connectivity index (χ3v) is 3.67. The van der Waals surface area contributed by atoms with Crippen LogP contribution in [0, 0.1) is 0 Å². The molecule has 1 amide bonds. The van der Waals surface area contributed by atoms with E-state index in [-0.39, 0.29) is 11.3 Å². The molecule has 0 aromatic heterocycles. The monoisotopic (exact) mass is 369 g/mol. The lowest BCUT2D eigenvalue weighted by Crippen LogP contribution is -2.21.